The van der Waals surface area contributed by atoms with Gasteiger partial charge < -0.3 is 5.32 Å². The Morgan fingerprint density at radius 1 is 1.07 bits per heavy atom. The predicted molar refractivity (Wildman–Crippen MR) is 112 cm³/mol. The van der Waals surface area contributed by atoms with E-state index in [9.17, 15) is 13.2 Å². The number of halogens is 1. The third-order valence-electron chi connectivity index (χ3n) is 4.19. The molecule has 0 saturated carbocycles. The van der Waals surface area contributed by atoms with E-state index in [4.69, 9.17) is 11.6 Å². The highest BCUT2D eigenvalue weighted by molar-refractivity contribution is 7.89. The molecule has 0 bridgehead atoms. The normalized spacial score (nSPS) is 11.4. The minimum absolute atomic E-state index is 0.0599. The first-order valence-electron chi connectivity index (χ1n) is 8.93. The number of carbonyl (C=O) groups excluding carboxylic acids is 1. The van der Waals surface area contributed by atoms with Gasteiger partial charge in [0, 0.05) is 29.4 Å². The summed E-state index contributed by atoms with van der Waals surface area (Å²) in [5.74, 6) is -0.285. The van der Waals surface area contributed by atoms with Gasteiger partial charge in [-0.3, -0.25) is 4.79 Å². The highest BCUT2D eigenvalue weighted by Gasteiger charge is 2.14. The summed E-state index contributed by atoms with van der Waals surface area (Å²) in [6, 6.07) is 15.0. The van der Waals surface area contributed by atoms with Crippen LogP contribution in [0.3, 0.4) is 0 Å². The largest absolute Gasteiger partial charge is 0.351 e. The second kappa shape index (κ2) is 8.77. The topological polar surface area (TPSA) is 93.1 Å². The van der Waals surface area contributed by atoms with Crippen molar-refractivity contribution in [2.75, 3.05) is 13.1 Å². The summed E-state index contributed by atoms with van der Waals surface area (Å²) in [6.45, 7) is 4.10. The summed E-state index contributed by atoms with van der Waals surface area (Å²) in [7, 11) is -3.68. The fourth-order valence-corrected chi connectivity index (χ4v) is 4.16. The Hall–Kier alpha value is -2.68. The van der Waals surface area contributed by atoms with E-state index >= 15 is 0 Å². The van der Waals surface area contributed by atoms with Gasteiger partial charge in [0.1, 0.15) is 0 Å². The second-order valence-corrected chi connectivity index (χ2v) is 8.70. The zero-order valence-electron chi connectivity index (χ0n) is 16.0. The fourth-order valence-electron chi connectivity index (χ4n) is 2.83. The Morgan fingerprint density at radius 3 is 2.41 bits per heavy atom. The third kappa shape index (κ3) is 5.23. The van der Waals surface area contributed by atoms with Gasteiger partial charge in [0.15, 0.2) is 0 Å². The molecule has 1 heterocycles. The van der Waals surface area contributed by atoms with Crippen LogP contribution in [-0.4, -0.2) is 37.2 Å². The summed E-state index contributed by atoms with van der Waals surface area (Å²) in [4.78, 5) is 12.4. The lowest BCUT2D eigenvalue weighted by Crippen LogP contribution is -2.34. The van der Waals surface area contributed by atoms with Crippen molar-refractivity contribution >= 4 is 27.5 Å². The van der Waals surface area contributed by atoms with Crippen LogP contribution in [0.1, 0.15) is 21.7 Å². The smallest absolute Gasteiger partial charge is 0.251 e. The fraction of sp³-hybridized carbons (Fsp3) is 0.200. The number of rotatable bonds is 7. The maximum Gasteiger partial charge on any atom is 0.251 e. The maximum absolute atomic E-state index is 12.3. The van der Waals surface area contributed by atoms with Crippen molar-refractivity contribution in [3.8, 4) is 5.69 Å². The van der Waals surface area contributed by atoms with Gasteiger partial charge in [0.2, 0.25) is 10.0 Å². The van der Waals surface area contributed by atoms with Gasteiger partial charge in [-0.1, -0.05) is 17.7 Å². The molecule has 0 unspecified atom stereocenters. The molecule has 0 saturated heterocycles. The minimum Gasteiger partial charge on any atom is -0.351 e. The molecular weight excluding hydrogens is 412 g/mol. The van der Waals surface area contributed by atoms with E-state index in [0.29, 0.717) is 10.6 Å². The van der Waals surface area contributed by atoms with E-state index < -0.39 is 10.0 Å². The molecule has 1 aromatic heterocycles. The van der Waals surface area contributed by atoms with Gasteiger partial charge in [-0.15, -0.1) is 0 Å². The molecule has 1 amide bonds. The van der Waals surface area contributed by atoms with Crippen LogP contribution in [0, 0.1) is 13.8 Å². The number of carbonyl (C=O) groups is 1. The molecule has 0 aliphatic rings. The first kappa shape index (κ1) is 21.0. The Balaban J connectivity index is 1.54. The molecule has 0 aliphatic heterocycles. The summed E-state index contributed by atoms with van der Waals surface area (Å²) in [5, 5.41) is 7.44. The molecule has 3 rings (SSSR count). The number of sulfonamides is 1. The summed E-state index contributed by atoms with van der Waals surface area (Å²) in [6.07, 6.45) is 0. The summed E-state index contributed by atoms with van der Waals surface area (Å²) < 4.78 is 28.7. The van der Waals surface area contributed by atoms with Crippen LogP contribution < -0.4 is 10.0 Å². The highest BCUT2D eigenvalue weighted by Crippen LogP contribution is 2.15. The third-order valence-corrected chi connectivity index (χ3v) is 5.89. The molecule has 2 N–H and O–H groups in total. The van der Waals surface area contributed by atoms with Crippen molar-refractivity contribution < 1.29 is 13.2 Å². The van der Waals surface area contributed by atoms with E-state index in [1.54, 1.807) is 24.3 Å². The Morgan fingerprint density at radius 2 is 1.79 bits per heavy atom. The van der Waals surface area contributed by atoms with Crippen LogP contribution in [0.2, 0.25) is 5.02 Å². The predicted octanol–water partition coefficient (Wildman–Crippen LogP) is 2.85. The van der Waals surface area contributed by atoms with Gasteiger partial charge in [-0.05, 0) is 62.4 Å². The van der Waals surface area contributed by atoms with Crippen LogP contribution in [-0.2, 0) is 10.0 Å². The molecule has 0 atom stereocenters. The van der Waals surface area contributed by atoms with E-state index in [0.717, 1.165) is 17.1 Å². The average molecular weight is 433 g/mol. The Kier molecular flexibility index (Phi) is 6.36. The maximum atomic E-state index is 12.3. The highest BCUT2D eigenvalue weighted by atomic mass is 35.5. The molecule has 152 valence electrons. The summed E-state index contributed by atoms with van der Waals surface area (Å²) >= 11 is 5.83. The molecular formula is C20H21ClN4O3S. The standard InChI is InChI=1S/C20H21ClN4O3S/c1-14-12-15(2)25(24-14)18-8-6-16(7-9-18)20(26)22-10-11-23-29(27,28)19-5-3-4-17(21)13-19/h3-9,12-13,23H,10-11H2,1-2H3,(H,22,26). The van der Waals surface area contributed by atoms with Crippen molar-refractivity contribution in [2.45, 2.75) is 18.7 Å². The lowest BCUT2D eigenvalue weighted by molar-refractivity contribution is 0.0954. The van der Waals surface area contributed by atoms with E-state index in [-0.39, 0.29) is 23.9 Å². The lowest BCUT2D eigenvalue weighted by atomic mass is 10.2. The van der Waals surface area contributed by atoms with Gasteiger partial charge in [0.25, 0.3) is 5.91 Å². The second-order valence-electron chi connectivity index (χ2n) is 6.50. The lowest BCUT2D eigenvalue weighted by Gasteiger charge is -2.09. The zero-order valence-corrected chi connectivity index (χ0v) is 17.6. The number of nitrogens with zero attached hydrogens (tertiary/aromatic N) is 2. The van der Waals surface area contributed by atoms with E-state index in [2.05, 4.69) is 15.1 Å². The monoisotopic (exact) mass is 432 g/mol. The number of hydrogen-bond donors (Lipinski definition) is 2. The van der Waals surface area contributed by atoms with Gasteiger partial charge in [0.05, 0.1) is 16.3 Å². The average Bonchev–Trinajstić information content (AvgIpc) is 3.03. The molecule has 0 aliphatic carbocycles. The van der Waals surface area contributed by atoms with Gasteiger partial charge in [-0.25, -0.2) is 17.8 Å². The minimum atomic E-state index is -3.68. The van der Waals surface area contributed by atoms with Crippen molar-refractivity contribution in [2.24, 2.45) is 0 Å². The number of hydrogen-bond acceptors (Lipinski definition) is 4. The first-order chi connectivity index (χ1) is 13.8. The van der Waals surface area contributed by atoms with Gasteiger partial charge >= 0.3 is 0 Å². The number of aryl methyl sites for hydroxylation is 2. The van der Waals surface area contributed by atoms with Crippen LogP contribution >= 0.6 is 11.6 Å². The van der Waals surface area contributed by atoms with Crippen molar-refractivity contribution in [1.29, 1.82) is 0 Å². The SMILES string of the molecule is Cc1cc(C)n(-c2ccc(C(=O)NCCNS(=O)(=O)c3cccc(Cl)c3)cc2)n1. The molecule has 3 aromatic rings. The van der Waals surface area contributed by atoms with E-state index in [1.807, 2.05) is 36.7 Å². The Bertz CT molecular complexity index is 1120. The zero-order chi connectivity index (χ0) is 21.0. The van der Waals surface area contributed by atoms with E-state index in [1.165, 1.54) is 12.1 Å². The van der Waals surface area contributed by atoms with Crippen LogP contribution in [0.4, 0.5) is 0 Å². The van der Waals surface area contributed by atoms with Crippen LogP contribution in [0.25, 0.3) is 5.69 Å². The quantitative estimate of drug-likeness (QED) is 0.561. The number of nitrogens with one attached hydrogen (secondary N) is 2. The van der Waals surface area contributed by atoms with Crippen molar-refractivity contribution in [3.63, 3.8) is 0 Å². The van der Waals surface area contributed by atoms with Crippen LogP contribution in [0.15, 0.2) is 59.5 Å². The molecule has 29 heavy (non-hydrogen) atoms. The molecule has 0 radical (unpaired) electrons. The Labute approximate surface area is 174 Å². The molecule has 0 spiro atoms. The van der Waals surface area contributed by atoms with Crippen molar-refractivity contribution in [3.05, 3.63) is 76.6 Å². The number of amides is 1. The first-order valence-corrected chi connectivity index (χ1v) is 10.8. The molecule has 2 aromatic carbocycles. The number of aromatic nitrogens is 2. The molecule has 0 fully saturated rings. The van der Waals surface area contributed by atoms with Gasteiger partial charge in [-0.2, -0.15) is 5.10 Å². The van der Waals surface area contributed by atoms with Crippen molar-refractivity contribution in [1.82, 2.24) is 19.8 Å². The molecule has 7 nitrogen and oxygen atoms in total. The molecule has 9 heteroatoms. The number of benzene rings is 2. The van der Waals surface area contributed by atoms with Crippen LogP contribution in [0.5, 0.6) is 0 Å². The summed E-state index contributed by atoms with van der Waals surface area (Å²) in [5.41, 5.74) is 3.27.